The monoisotopic (exact) mass is 71.0 g/mol. The zero-order valence-corrected chi connectivity index (χ0v) is 3.02. The van der Waals surface area contributed by atoms with Crippen molar-refractivity contribution in [3.8, 4) is 0 Å². The van der Waals surface area contributed by atoms with Gasteiger partial charge in [-0.15, -0.1) is 0 Å². The van der Waals surface area contributed by atoms with E-state index in [0.717, 1.165) is 6.42 Å². The third-order valence-electron chi connectivity index (χ3n) is 0.885. The molecule has 2 unspecified atom stereocenters. The molecule has 0 heterocycles. The minimum atomic E-state index is -0.0602. The Morgan fingerprint density at radius 3 is 2.00 bits per heavy atom. The fourth-order valence-corrected chi connectivity index (χ4v) is 0.232. The van der Waals surface area contributed by atoms with Gasteiger partial charge in [-0.2, -0.15) is 0 Å². The lowest BCUT2D eigenvalue weighted by atomic mass is 10.5. The molecule has 1 aliphatic rings. The van der Waals surface area contributed by atoms with Crippen LogP contribution in [0.3, 0.4) is 0 Å². The molecule has 1 rings (SSSR count). The quantitative estimate of drug-likeness (QED) is 0.432. The third-order valence-corrected chi connectivity index (χ3v) is 0.885. The van der Waals surface area contributed by atoms with E-state index in [1.54, 1.807) is 0 Å². The zero-order valence-electron chi connectivity index (χ0n) is 3.02. The van der Waals surface area contributed by atoms with E-state index < -0.39 is 0 Å². The number of hydrogen-bond acceptors (Lipinski definition) is 1. The zero-order chi connectivity index (χ0) is 3.86. The summed E-state index contributed by atoms with van der Waals surface area (Å²) in [6.07, 6.45) is 0.856. The standard InChI is InChI=1S/C4H7O/c1-3-2-4(3)5/h3-5H,1-2H2. The van der Waals surface area contributed by atoms with Crippen LogP contribution in [0.2, 0.25) is 0 Å². The highest BCUT2D eigenvalue weighted by molar-refractivity contribution is 4.86. The van der Waals surface area contributed by atoms with Gasteiger partial charge in [0.05, 0.1) is 6.10 Å². The number of aliphatic hydroxyl groups is 1. The molecule has 2 atom stereocenters. The van der Waals surface area contributed by atoms with Crippen LogP contribution in [0, 0.1) is 12.8 Å². The average molecular weight is 71.1 g/mol. The summed E-state index contributed by atoms with van der Waals surface area (Å²) in [6.45, 7) is 3.58. The topological polar surface area (TPSA) is 20.2 Å². The Hall–Kier alpha value is -0.0400. The van der Waals surface area contributed by atoms with Gasteiger partial charge in [0.25, 0.3) is 0 Å². The van der Waals surface area contributed by atoms with Gasteiger partial charge < -0.3 is 5.11 Å². The highest BCUT2D eigenvalue weighted by Crippen LogP contribution is 2.27. The van der Waals surface area contributed by atoms with Crippen molar-refractivity contribution in [3.63, 3.8) is 0 Å². The highest BCUT2D eigenvalue weighted by atomic mass is 16.3. The molecule has 1 aliphatic carbocycles. The third kappa shape index (κ3) is 0.428. The second-order valence-corrected chi connectivity index (χ2v) is 1.56. The summed E-state index contributed by atoms with van der Waals surface area (Å²) >= 11 is 0. The maximum absolute atomic E-state index is 8.37. The lowest BCUT2D eigenvalue weighted by Gasteiger charge is -1.68. The van der Waals surface area contributed by atoms with Crippen molar-refractivity contribution in [1.29, 1.82) is 0 Å². The Balaban J connectivity index is 2.20. The molecule has 1 heteroatoms. The Morgan fingerprint density at radius 1 is 1.80 bits per heavy atom. The summed E-state index contributed by atoms with van der Waals surface area (Å²) in [7, 11) is 0. The summed E-state index contributed by atoms with van der Waals surface area (Å²) in [6, 6.07) is 0. The molecular weight excluding hydrogens is 64.0 g/mol. The van der Waals surface area contributed by atoms with E-state index in [4.69, 9.17) is 5.11 Å². The van der Waals surface area contributed by atoms with Crippen LogP contribution in [0.15, 0.2) is 0 Å². The van der Waals surface area contributed by atoms with E-state index in [-0.39, 0.29) is 6.10 Å². The Kier molecular flexibility index (Phi) is 0.453. The lowest BCUT2D eigenvalue weighted by molar-refractivity contribution is 0.267. The van der Waals surface area contributed by atoms with E-state index >= 15 is 0 Å². The van der Waals surface area contributed by atoms with Gasteiger partial charge >= 0.3 is 0 Å². The van der Waals surface area contributed by atoms with Gasteiger partial charge in [0, 0.05) is 0 Å². The predicted octanol–water partition coefficient (Wildman–Crippen LogP) is 0.201. The van der Waals surface area contributed by atoms with Crippen molar-refractivity contribution in [2.24, 2.45) is 5.92 Å². The fraction of sp³-hybridized carbons (Fsp3) is 0.750. The number of aliphatic hydroxyl groups excluding tert-OH is 1. The van der Waals surface area contributed by atoms with Gasteiger partial charge in [-0.05, 0) is 19.3 Å². The predicted molar refractivity (Wildman–Crippen MR) is 19.5 cm³/mol. The molecule has 0 bridgehead atoms. The molecule has 5 heavy (non-hydrogen) atoms. The smallest absolute Gasteiger partial charge is 0.0573 e. The van der Waals surface area contributed by atoms with Crippen molar-refractivity contribution in [1.82, 2.24) is 0 Å². The molecule has 0 aromatic carbocycles. The molecule has 0 spiro atoms. The molecule has 0 amide bonds. The van der Waals surface area contributed by atoms with E-state index in [1.807, 2.05) is 0 Å². The molecule has 0 saturated heterocycles. The van der Waals surface area contributed by atoms with Crippen LogP contribution in [-0.4, -0.2) is 11.2 Å². The summed E-state index contributed by atoms with van der Waals surface area (Å²) in [4.78, 5) is 0. The SMILES string of the molecule is [CH2]C1CC1O. The first-order valence-corrected chi connectivity index (χ1v) is 1.82. The average Bonchev–Trinajstić information content (AvgIpc) is 1.79. The van der Waals surface area contributed by atoms with Crippen LogP contribution >= 0.6 is 0 Å². The Labute approximate surface area is 31.6 Å². The highest BCUT2D eigenvalue weighted by Gasteiger charge is 2.29. The normalized spacial score (nSPS) is 49.2. The van der Waals surface area contributed by atoms with Crippen molar-refractivity contribution >= 4 is 0 Å². The van der Waals surface area contributed by atoms with Crippen LogP contribution in [-0.2, 0) is 0 Å². The van der Waals surface area contributed by atoms with E-state index in [1.165, 1.54) is 0 Å². The molecule has 0 aromatic rings. The lowest BCUT2D eigenvalue weighted by Crippen LogP contribution is -1.75. The molecule has 1 N–H and O–H groups in total. The maximum atomic E-state index is 8.37. The molecule has 1 saturated carbocycles. The van der Waals surface area contributed by atoms with Gasteiger partial charge in [-0.1, -0.05) is 0 Å². The molecule has 1 fully saturated rings. The van der Waals surface area contributed by atoms with E-state index in [0.29, 0.717) is 5.92 Å². The van der Waals surface area contributed by atoms with Gasteiger partial charge in [-0.25, -0.2) is 0 Å². The second kappa shape index (κ2) is 0.716. The van der Waals surface area contributed by atoms with Crippen molar-refractivity contribution in [3.05, 3.63) is 6.92 Å². The van der Waals surface area contributed by atoms with Crippen molar-refractivity contribution < 1.29 is 5.11 Å². The summed E-state index contributed by atoms with van der Waals surface area (Å²) in [5.74, 6) is 0.356. The van der Waals surface area contributed by atoms with E-state index in [9.17, 15) is 0 Å². The molecule has 1 radical (unpaired) electrons. The van der Waals surface area contributed by atoms with Crippen LogP contribution in [0.4, 0.5) is 0 Å². The summed E-state index contributed by atoms with van der Waals surface area (Å²) < 4.78 is 0. The fourth-order valence-electron chi connectivity index (χ4n) is 0.232. The van der Waals surface area contributed by atoms with Crippen molar-refractivity contribution in [2.45, 2.75) is 12.5 Å². The first kappa shape index (κ1) is 3.16. The summed E-state index contributed by atoms with van der Waals surface area (Å²) in [5, 5.41) is 8.37. The molecule has 0 aliphatic heterocycles. The van der Waals surface area contributed by atoms with Crippen molar-refractivity contribution in [2.75, 3.05) is 0 Å². The molecule has 29 valence electrons. The minimum absolute atomic E-state index is 0.0602. The Bertz CT molecular complexity index is 36.9. The second-order valence-electron chi connectivity index (χ2n) is 1.56. The molecule has 1 nitrogen and oxygen atoms in total. The number of rotatable bonds is 0. The van der Waals surface area contributed by atoms with Gasteiger partial charge in [0.15, 0.2) is 0 Å². The van der Waals surface area contributed by atoms with Gasteiger partial charge in [-0.3, -0.25) is 0 Å². The van der Waals surface area contributed by atoms with Gasteiger partial charge in [0.1, 0.15) is 0 Å². The molecule has 0 aromatic heterocycles. The van der Waals surface area contributed by atoms with Gasteiger partial charge in [0.2, 0.25) is 0 Å². The van der Waals surface area contributed by atoms with Crippen LogP contribution in [0.5, 0.6) is 0 Å². The minimum Gasteiger partial charge on any atom is -0.393 e. The van der Waals surface area contributed by atoms with Crippen LogP contribution < -0.4 is 0 Å². The Morgan fingerprint density at radius 2 is 2.00 bits per heavy atom. The maximum Gasteiger partial charge on any atom is 0.0573 e. The first-order valence-electron chi connectivity index (χ1n) is 1.82. The van der Waals surface area contributed by atoms with E-state index in [2.05, 4.69) is 6.92 Å². The number of hydrogen-bond donors (Lipinski definition) is 1. The van der Waals surface area contributed by atoms with Crippen LogP contribution in [0.1, 0.15) is 6.42 Å². The largest absolute Gasteiger partial charge is 0.393 e. The summed E-state index contributed by atoms with van der Waals surface area (Å²) in [5.41, 5.74) is 0. The first-order chi connectivity index (χ1) is 2.30. The molecular formula is C4H7O. The van der Waals surface area contributed by atoms with Crippen LogP contribution in [0.25, 0.3) is 0 Å².